The summed E-state index contributed by atoms with van der Waals surface area (Å²) in [5, 5.41) is 19.9. The van der Waals surface area contributed by atoms with E-state index in [1.807, 2.05) is 13.1 Å². The summed E-state index contributed by atoms with van der Waals surface area (Å²) < 4.78 is 5.79. The van der Waals surface area contributed by atoms with Crippen LogP contribution in [0.15, 0.2) is 16.8 Å². The zero-order chi connectivity index (χ0) is 12.7. The Morgan fingerprint density at radius 3 is 3.17 bits per heavy atom. The highest BCUT2D eigenvalue weighted by atomic mass is 16.5. The van der Waals surface area contributed by atoms with Crippen molar-refractivity contribution in [2.75, 3.05) is 6.61 Å². The van der Waals surface area contributed by atoms with Crippen LogP contribution in [0.4, 0.5) is 0 Å². The number of aliphatic hydroxyl groups excluding tert-OH is 1. The fraction of sp³-hybridized carbons (Fsp3) is 0.667. The van der Waals surface area contributed by atoms with Crippen molar-refractivity contribution >= 4 is 12.2 Å². The van der Waals surface area contributed by atoms with Gasteiger partial charge in [-0.2, -0.15) is 0 Å². The first-order valence-electron chi connectivity index (χ1n) is 6.29. The second-order valence-corrected chi connectivity index (χ2v) is 5.02. The first-order chi connectivity index (χ1) is 8.70. The van der Waals surface area contributed by atoms with Crippen molar-refractivity contribution in [3.63, 3.8) is 0 Å². The van der Waals surface area contributed by atoms with E-state index in [0.29, 0.717) is 5.84 Å². The van der Waals surface area contributed by atoms with Crippen LogP contribution in [0, 0.1) is 11.3 Å². The lowest BCUT2D eigenvalue weighted by Gasteiger charge is -2.33. The minimum atomic E-state index is -0.0683. The molecule has 2 unspecified atom stereocenters. The molecule has 6 heteroatoms. The van der Waals surface area contributed by atoms with Gasteiger partial charge < -0.3 is 20.1 Å². The Morgan fingerprint density at radius 2 is 2.44 bits per heavy atom. The van der Waals surface area contributed by atoms with Gasteiger partial charge in [0.1, 0.15) is 18.2 Å². The minimum absolute atomic E-state index is 0.00627. The molecule has 0 aliphatic carbocycles. The number of fused-ring (bicyclic) bond motifs is 1. The van der Waals surface area contributed by atoms with Gasteiger partial charge in [-0.1, -0.05) is 0 Å². The molecular weight excluding hydrogens is 232 g/mol. The summed E-state index contributed by atoms with van der Waals surface area (Å²) >= 11 is 0. The highest BCUT2D eigenvalue weighted by Crippen LogP contribution is 2.35. The molecule has 4 atom stereocenters. The first kappa shape index (κ1) is 11.7. The topological polar surface area (TPSA) is 80.9 Å². The first-order valence-corrected chi connectivity index (χ1v) is 6.29. The van der Waals surface area contributed by atoms with E-state index in [0.717, 1.165) is 18.4 Å². The number of nitrogens with zero attached hydrogens (tertiary/aromatic N) is 2. The average Bonchev–Trinajstić information content (AvgIpc) is 2.94. The molecule has 1 saturated heterocycles. The second kappa shape index (κ2) is 4.37. The van der Waals surface area contributed by atoms with Crippen molar-refractivity contribution in [3.8, 4) is 0 Å². The van der Waals surface area contributed by atoms with Crippen LogP contribution in [-0.2, 0) is 4.74 Å². The van der Waals surface area contributed by atoms with Crippen LogP contribution < -0.4 is 5.32 Å². The van der Waals surface area contributed by atoms with E-state index >= 15 is 0 Å². The number of nitrogens with one attached hydrogen (secondary N) is 2. The summed E-state index contributed by atoms with van der Waals surface area (Å²) in [4.78, 5) is 6.51. The molecule has 18 heavy (non-hydrogen) atoms. The van der Waals surface area contributed by atoms with Crippen molar-refractivity contribution in [2.24, 2.45) is 10.9 Å². The number of amidine groups is 1. The van der Waals surface area contributed by atoms with E-state index < -0.39 is 0 Å². The van der Waals surface area contributed by atoms with Gasteiger partial charge in [-0.3, -0.25) is 5.41 Å². The van der Waals surface area contributed by atoms with Gasteiger partial charge in [0.15, 0.2) is 0 Å². The maximum absolute atomic E-state index is 9.12. The molecule has 98 valence electrons. The molecule has 3 aliphatic rings. The van der Waals surface area contributed by atoms with E-state index in [1.54, 1.807) is 6.34 Å². The van der Waals surface area contributed by atoms with E-state index in [4.69, 9.17) is 15.3 Å². The molecule has 1 fully saturated rings. The summed E-state index contributed by atoms with van der Waals surface area (Å²) in [5.74, 6) is 0.495. The van der Waals surface area contributed by atoms with Gasteiger partial charge in [0.25, 0.3) is 0 Å². The van der Waals surface area contributed by atoms with Crippen molar-refractivity contribution in [1.82, 2.24) is 10.2 Å². The smallest absolute Gasteiger partial charge is 0.138 e. The average molecular weight is 250 g/mol. The Bertz CT molecular complexity index is 420. The fourth-order valence-corrected chi connectivity index (χ4v) is 2.91. The van der Waals surface area contributed by atoms with Gasteiger partial charge in [0.2, 0.25) is 0 Å². The molecule has 0 aromatic rings. The Morgan fingerprint density at radius 1 is 1.61 bits per heavy atom. The molecule has 0 bridgehead atoms. The van der Waals surface area contributed by atoms with Crippen LogP contribution in [0.1, 0.15) is 19.8 Å². The lowest BCUT2D eigenvalue weighted by atomic mass is 9.98. The molecule has 0 aromatic heterocycles. The summed E-state index contributed by atoms with van der Waals surface area (Å²) in [6, 6.07) is 0. The molecule has 3 aliphatic heterocycles. The fourth-order valence-electron chi connectivity index (χ4n) is 2.91. The van der Waals surface area contributed by atoms with Crippen LogP contribution in [0.3, 0.4) is 0 Å². The van der Waals surface area contributed by atoms with Gasteiger partial charge in [-0.25, -0.2) is 4.99 Å². The monoisotopic (exact) mass is 250 g/mol. The number of rotatable bonds is 2. The van der Waals surface area contributed by atoms with Gasteiger partial charge >= 0.3 is 0 Å². The van der Waals surface area contributed by atoms with Crippen LogP contribution in [-0.4, -0.2) is 47.3 Å². The molecule has 3 heterocycles. The third kappa shape index (κ3) is 1.72. The van der Waals surface area contributed by atoms with Crippen LogP contribution in [0.2, 0.25) is 0 Å². The molecule has 3 N–H and O–H groups in total. The van der Waals surface area contributed by atoms with E-state index in [2.05, 4.69) is 15.2 Å². The van der Waals surface area contributed by atoms with Crippen molar-refractivity contribution in [3.05, 3.63) is 11.8 Å². The number of hydrogen-bond acceptors (Lipinski definition) is 5. The molecular formula is C12H18N4O2. The number of ether oxygens (including phenoxy) is 1. The SMILES string of the molecule is CC1=CN([C@H]2CC[C@@H](CO)O2)C2N=CNC(=N)C12. The minimum Gasteiger partial charge on any atom is -0.394 e. The van der Waals surface area contributed by atoms with Gasteiger partial charge in [0, 0.05) is 6.20 Å². The zero-order valence-corrected chi connectivity index (χ0v) is 10.3. The molecule has 0 saturated carbocycles. The molecule has 0 radical (unpaired) electrons. The van der Waals surface area contributed by atoms with E-state index in [9.17, 15) is 0 Å². The van der Waals surface area contributed by atoms with Crippen LogP contribution in [0.5, 0.6) is 0 Å². The standard InChI is InChI=1S/C12H18N4O2/c1-7-4-16(9-3-2-8(5-17)18-9)12-10(7)11(13)14-6-15-12/h4,6,8-10,12,17H,2-3,5H2,1H3,(H2,13,14,15)/t8-,9+,10?,12?/m0/s1. The molecule has 0 spiro atoms. The van der Waals surface area contributed by atoms with Crippen LogP contribution in [0.25, 0.3) is 0 Å². The number of aliphatic imine (C=N–C) groups is 1. The van der Waals surface area contributed by atoms with E-state index in [1.165, 1.54) is 0 Å². The summed E-state index contributed by atoms with van der Waals surface area (Å²) in [7, 11) is 0. The maximum Gasteiger partial charge on any atom is 0.138 e. The van der Waals surface area contributed by atoms with Crippen LogP contribution >= 0.6 is 0 Å². The number of aliphatic hydroxyl groups is 1. The lowest BCUT2D eigenvalue weighted by molar-refractivity contribution is -0.0608. The van der Waals surface area contributed by atoms with Gasteiger partial charge in [-0.15, -0.1) is 0 Å². The summed E-state index contributed by atoms with van der Waals surface area (Å²) in [5.41, 5.74) is 1.13. The third-order valence-electron chi connectivity index (χ3n) is 3.83. The normalized spacial score (nSPS) is 38.7. The quantitative estimate of drug-likeness (QED) is 0.656. The van der Waals surface area contributed by atoms with Crippen molar-refractivity contribution in [2.45, 2.75) is 38.3 Å². The molecule has 3 rings (SSSR count). The van der Waals surface area contributed by atoms with Crippen molar-refractivity contribution in [1.29, 1.82) is 5.41 Å². The van der Waals surface area contributed by atoms with Gasteiger partial charge in [-0.05, 0) is 25.3 Å². The largest absolute Gasteiger partial charge is 0.394 e. The highest BCUT2D eigenvalue weighted by molar-refractivity contribution is 5.95. The maximum atomic E-state index is 9.12. The Hall–Kier alpha value is -1.40. The summed E-state index contributed by atoms with van der Waals surface area (Å²) in [6.45, 7) is 2.09. The molecule has 0 aromatic carbocycles. The predicted molar refractivity (Wildman–Crippen MR) is 67.2 cm³/mol. The Labute approximate surface area is 106 Å². The highest BCUT2D eigenvalue weighted by Gasteiger charge is 2.42. The zero-order valence-electron chi connectivity index (χ0n) is 10.3. The van der Waals surface area contributed by atoms with Crippen molar-refractivity contribution < 1.29 is 9.84 Å². The second-order valence-electron chi connectivity index (χ2n) is 5.02. The molecule has 6 nitrogen and oxygen atoms in total. The lowest BCUT2D eigenvalue weighted by Crippen LogP contribution is -2.47. The third-order valence-corrected chi connectivity index (χ3v) is 3.83. The predicted octanol–water partition coefficient (Wildman–Crippen LogP) is 0.254. The molecule has 0 amide bonds. The Kier molecular flexibility index (Phi) is 2.83. The Balaban J connectivity index is 1.80. The van der Waals surface area contributed by atoms with E-state index in [-0.39, 0.29) is 31.0 Å². The van der Waals surface area contributed by atoms with Gasteiger partial charge in [0.05, 0.1) is 25.0 Å². The number of hydrogen-bond donors (Lipinski definition) is 3. The summed E-state index contributed by atoms with van der Waals surface area (Å²) in [6.07, 6.45) is 5.24.